The van der Waals surface area contributed by atoms with E-state index in [0.717, 1.165) is 18.0 Å². The normalized spacial score (nSPS) is 19.8. The summed E-state index contributed by atoms with van der Waals surface area (Å²) in [7, 11) is 0. The zero-order valence-electron chi connectivity index (χ0n) is 13.7. The van der Waals surface area contributed by atoms with Crippen LogP contribution in [0.1, 0.15) is 34.2 Å². The van der Waals surface area contributed by atoms with Crippen molar-refractivity contribution in [1.82, 2.24) is 10.3 Å². The van der Waals surface area contributed by atoms with E-state index in [2.05, 4.69) is 64.9 Å². The Bertz CT molecular complexity index is 768. The summed E-state index contributed by atoms with van der Waals surface area (Å²) in [5.74, 6) is 0.627. The SMILES string of the molecule is c1ccc(C[C@@H]2CCc3ccccc3[C@H]2NCc2nccs2)cc1. The molecule has 0 amide bonds. The highest BCUT2D eigenvalue weighted by atomic mass is 32.1. The first-order valence-corrected chi connectivity index (χ1v) is 9.51. The van der Waals surface area contributed by atoms with E-state index in [1.54, 1.807) is 11.3 Å². The number of nitrogens with one attached hydrogen (secondary N) is 1. The van der Waals surface area contributed by atoms with Crippen LogP contribution in [0.15, 0.2) is 66.2 Å². The summed E-state index contributed by atoms with van der Waals surface area (Å²) < 4.78 is 0. The van der Waals surface area contributed by atoms with Gasteiger partial charge in [-0.15, -0.1) is 11.3 Å². The molecule has 1 aliphatic rings. The molecule has 1 aromatic heterocycles. The van der Waals surface area contributed by atoms with Crippen molar-refractivity contribution in [1.29, 1.82) is 0 Å². The largest absolute Gasteiger partial charge is 0.303 e. The van der Waals surface area contributed by atoms with Crippen LogP contribution in [0, 0.1) is 5.92 Å². The number of nitrogens with zero attached hydrogens (tertiary/aromatic N) is 1. The number of aryl methyl sites for hydroxylation is 1. The molecule has 2 atom stereocenters. The first kappa shape index (κ1) is 15.6. The minimum Gasteiger partial charge on any atom is -0.303 e. The molecule has 122 valence electrons. The van der Waals surface area contributed by atoms with Gasteiger partial charge < -0.3 is 5.32 Å². The van der Waals surface area contributed by atoms with Crippen LogP contribution in [0.2, 0.25) is 0 Å². The molecule has 0 radical (unpaired) electrons. The van der Waals surface area contributed by atoms with Gasteiger partial charge in [-0.3, -0.25) is 0 Å². The molecule has 0 unspecified atom stereocenters. The number of fused-ring (bicyclic) bond motifs is 1. The van der Waals surface area contributed by atoms with E-state index in [1.165, 1.54) is 29.5 Å². The lowest BCUT2D eigenvalue weighted by atomic mass is 9.77. The molecule has 2 aromatic carbocycles. The van der Waals surface area contributed by atoms with Crippen molar-refractivity contribution in [3.63, 3.8) is 0 Å². The van der Waals surface area contributed by atoms with E-state index >= 15 is 0 Å². The Balaban J connectivity index is 1.57. The Labute approximate surface area is 147 Å². The lowest BCUT2D eigenvalue weighted by Gasteiger charge is -2.34. The minimum atomic E-state index is 0.402. The van der Waals surface area contributed by atoms with E-state index in [9.17, 15) is 0 Å². The van der Waals surface area contributed by atoms with Crippen molar-refractivity contribution in [2.24, 2.45) is 5.92 Å². The van der Waals surface area contributed by atoms with Crippen LogP contribution in [0.4, 0.5) is 0 Å². The third-order valence-electron chi connectivity index (χ3n) is 4.94. The van der Waals surface area contributed by atoms with Gasteiger partial charge in [0.1, 0.15) is 5.01 Å². The highest BCUT2D eigenvalue weighted by molar-refractivity contribution is 7.09. The van der Waals surface area contributed by atoms with Crippen LogP contribution in [0.3, 0.4) is 0 Å². The van der Waals surface area contributed by atoms with Crippen LogP contribution >= 0.6 is 11.3 Å². The maximum atomic E-state index is 4.42. The molecule has 0 saturated heterocycles. The molecule has 1 aliphatic carbocycles. The molecular weight excluding hydrogens is 312 g/mol. The number of rotatable bonds is 5. The fraction of sp³-hybridized carbons (Fsp3) is 0.286. The van der Waals surface area contributed by atoms with Gasteiger partial charge in [-0.1, -0.05) is 54.6 Å². The van der Waals surface area contributed by atoms with Gasteiger partial charge in [0, 0.05) is 24.2 Å². The monoisotopic (exact) mass is 334 g/mol. The Morgan fingerprint density at radius 3 is 2.71 bits per heavy atom. The molecule has 24 heavy (non-hydrogen) atoms. The van der Waals surface area contributed by atoms with Crippen molar-refractivity contribution >= 4 is 11.3 Å². The van der Waals surface area contributed by atoms with E-state index in [4.69, 9.17) is 0 Å². The van der Waals surface area contributed by atoms with Gasteiger partial charge in [0.05, 0.1) is 0 Å². The number of benzene rings is 2. The molecular formula is C21H22N2S. The topological polar surface area (TPSA) is 24.9 Å². The second-order valence-corrected chi connectivity index (χ2v) is 7.45. The van der Waals surface area contributed by atoms with E-state index in [-0.39, 0.29) is 0 Å². The van der Waals surface area contributed by atoms with Crippen LogP contribution in [-0.2, 0) is 19.4 Å². The molecule has 1 N–H and O–H groups in total. The van der Waals surface area contributed by atoms with Crippen LogP contribution < -0.4 is 5.32 Å². The molecule has 3 heteroatoms. The van der Waals surface area contributed by atoms with Crippen LogP contribution in [0.25, 0.3) is 0 Å². The second kappa shape index (κ2) is 7.29. The maximum absolute atomic E-state index is 4.42. The first-order valence-electron chi connectivity index (χ1n) is 8.63. The van der Waals surface area contributed by atoms with Crippen LogP contribution in [-0.4, -0.2) is 4.98 Å². The highest BCUT2D eigenvalue weighted by Gasteiger charge is 2.29. The lowest BCUT2D eigenvalue weighted by Crippen LogP contribution is -2.33. The summed E-state index contributed by atoms with van der Waals surface area (Å²) in [4.78, 5) is 4.42. The van der Waals surface area contributed by atoms with E-state index in [0.29, 0.717) is 12.0 Å². The molecule has 3 aromatic rings. The van der Waals surface area contributed by atoms with Gasteiger partial charge >= 0.3 is 0 Å². The predicted octanol–water partition coefficient (Wildman–Crippen LogP) is 4.78. The molecule has 0 aliphatic heterocycles. The summed E-state index contributed by atoms with van der Waals surface area (Å²) >= 11 is 1.72. The molecule has 4 rings (SSSR count). The minimum absolute atomic E-state index is 0.402. The number of aromatic nitrogens is 1. The Kier molecular flexibility index (Phi) is 4.72. The first-order chi connectivity index (χ1) is 11.9. The van der Waals surface area contributed by atoms with Gasteiger partial charge in [-0.25, -0.2) is 4.98 Å². The molecule has 0 bridgehead atoms. The van der Waals surface area contributed by atoms with Gasteiger partial charge in [-0.05, 0) is 41.9 Å². The molecule has 1 heterocycles. The average Bonchev–Trinajstić information content (AvgIpc) is 3.15. The average molecular weight is 334 g/mol. The van der Waals surface area contributed by atoms with Gasteiger partial charge in [0.2, 0.25) is 0 Å². The summed E-state index contributed by atoms with van der Waals surface area (Å²) in [6, 6.07) is 20.2. The summed E-state index contributed by atoms with van der Waals surface area (Å²) in [5, 5.41) is 7.01. The second-order valence-electron chi connectivity index (χ2n) is 6.47. The summed E-state index contributed by atoms with van der Waals surface area (Å²) in [6.07, 6.45) is 5.44. The van der Waals surface area contributed by atoms with Crippen molar-refractivity contribution in [2.75, 3.05) is 0 Å². The molecule has 0 spiro atoms. The van der Waals surface area contributed by atoms with Gasteiger partial charge in [-0.2, -0.15) is 0 Å². The zero-order chi connectivity index (χ0) is 16.2. The summed E-state index contributed by atoms with van der Waals surface area (Å²) in [5.41, 5.74) is 4.41. The number of hydrogen-bond acceptors (Lipinski definition) is 3. The number of hydrogen-bond donors (Lipinski definition) is 1. The van der Waals surface area contributed by atoms with Gasteiger partial charge in [0.25, 0.3) is 0 Å². The standard InChI is InChI=1S/C21H22N2S/c1-2-6-16(7-3-1)14-18-11-10-17-8-4-5-9-19(17)21(18)23-15-20-22-12-13-24-20/h1-9,12-13,18,21,23H,10-11,14-15H2/t18-,21-/m0/s1. The van der Waals surface area contributed by atoms with Crippen molar-refractivity contribution in [2.45, 2.75) is 31.8 Å². The number of thiazole rings is 1. The van der Waals surface area contributed by atoms with Crippen molar-refractivity contribution < 1.29 is 0 Å². The van der Waals surface area contributed by atoms with Crippen molar-refractivity contribution in [3.05, 3.63) is 87.9 Å². The van der Waals surface area contributed by atoms with Gasteiger partial charge in [0.15, 0.2) is 0 Å². The quantitative estimate of drug-likeness (QED) is 0.726. The molecule has 0 fully saturated rings. The lowest BCUT2D eigenvalue weighted by molar-refractivity contribution is 0.316. The molecule has 0 saturated carbocycles. The third kappa shape index (κ3) is 3.42. The van der Waals surface area contributed by atoms with E-state index < -0.39 is 0 Å². The fourth-order valence-corrected chi connectivity index (χ4v) is 4.34. The Morgan fingerprint density at radius 2 is 1.88 bits per heavy atom. The van der Waals surface area contributed by atoms with Crippen molar-refractivity contribution in [3.8, 4) is 0 Å². The van der Waals surface area contributed by atoms with E-state index in [1.807, 2.05) is 11.6 Å². The fourth-order valence-electron chi connectivity index (χ4n) is 3.78. The smallest absolute Gasteiger partial charge is 0.106 e. The Hall–Kier alpha value is -1.97. The predicted molar refractivity (Wildman–Crippen MR) is 100 cm³/mol. The van der Waals surface area contributed by atoms with Crippen LogP contribution in [0.5, 0.6) is 0 Å². The third-order valence-corrected chi connectivity index (χ3v) is 5.72. The summed E-state index contributed by atoms with van der Waals surface area (Å²) in [6.45, 7) is 0.849. The zero-order valence-corrected chi connectivity index (χ0v) is 14.5. The Morgan fingerprint density at radius 1 is 1.04 bits per heavy atom. The molecule has 2 nitrogen and oxygen atoms in total. The highest BCUT2D eigenvalue weighted by Crippen LogP contribution is 2.36. The maximum Gasteiger partial charge on any atom is 0.106 e.